The Kier molecular flexibility index (Phi) is 3.94. The fourth-order valence-electron chi connectivity index (χ4n) is 3.81. The van der Waals surface area contributed by atoms with Crippen molar-refractivity contribution in [1.29, 1.82) is 0 Å². The number of allylic oxidation sites excluding steroid dienone is 2. The van der Waals surface area contributed by atoms with E-state index in [9.17, 15) is 0 Å². The smallest absolute Gasteiger partial charge is 0.374 e. The lowest BCUT2D eigenvalue weighted by Crippen LogP contribution is -2.49. The lowest BCUT2D eigenvalue weighted by Gasteiger charge is -2.37. The minimum atomic E-state index is -2.55. The minimum Gasteiger partial charge on any atom is -0.374 e. The van der Waals surface area contributed by atoms with Gasteiger partial charge in [-0.2, -0.15) is 0 Å². The highest BCUT2D eigenvalue weighted by Gasteiger charge is 2.58. The molecular weight excluding hydrogens is 248 g/mol. The molecule has 0 N–H and O–H groups in total. The van der Waals surface area contributed by atoms with Crippen LogP contribution in [0.2, 0.25) is 11.1 Å². The monoisotopic (exact) mass is 272 g/mol. The van der Waals surface area contributed by atoms with Crippen molar-refractivity contribution in [3.05, 3.63) is 11.3 Å². The van der Waals surface area contributed by atoms with Crippen LogP contribution in [0.25, 0.3) is 0 Å². The van der Waals surface area contributed by atoms with Gasteiger partial charge in [0.1, 0.15) is 0 Å². The van der Waals surface area contributed by atoms with Crippen LogP contribution in [-0.4, -0.2) is 39.7 Å². The molecule has 3 nitrogen and oxygen atoms in total. The second-order valence-electron chi connectivity index (χ2n) is 5.28. The highest BCUT2D eigenvalue weighted by molar-refractivity contribution is 6.71. The molecule has 98 valence electrons. The first-order chi connectivity index (χ1) is 8.16. The highest BCUT2D eigenvalue weighted by atomic mass is 28.4. The molecule has 0 heterocycles. The van der Waals surface area contributed by atoms with Crippen molar-refractivity contribution in [2.75, 3.05) is 21.3 Å². The van der Waals surface area contributed by atoms with Crippen molar-refractivity contribution in [3.63, 3.8) is 0 Å². The van der Waals surface area contributed by atoms with Crippen molar-refractivity contribution >= 4 is 18.3 Å². The molecule has 0 aromatic rings. The number of hydrogen-bond donors (Lipinski definition) is 0. The summed E-state index contributed by atoms with van der Waals surface area (Å²) < 4.78 is 17.1. The Labute approximate surface area is 108 Å². The lowest BCUT2D eigenvalue weighted by atomic mass is 10.1. The second kappa shape index (κ2) is 4.97. The maximum absolute atomic E-state index is 5.69. The van der Waals surface area contributed by atoms with Gasteiger partial charge in [0, 0.05) is 30.8 Å². The maximum Gasteiger partial charge on any atom is 0.532 e. The number of fused-ring (bicyclic) bond motifs is 2. The van der Waals surface area contributed by atoms with E-state index < -0.39 is 8.80 Å². The van der Waals surface area contributed by atoms with Crippen LogP contribution in [0.15, 0.2) is 11.3 Å². The van der Waals surface area contributed by atoms with Crippen molar-refractivity contribution in [3.8, 4) is 0 Å². The van der Waals surface area contributed by atoms with E-state index in [1.54, 1.807) is 21.3 Å². The zero-order chi connectivity index (χ0) is 12.5. The van der Waals surface area contributed by atoms with E-state index >= 15 is 0 Å². The van der Waals surface area contributed by atoms with Gasteiger partial charge >= 0.3 is 8.80 Å². The summed E-state index contributed by atoms with van der Waals surface area (Å²) in [4.78, 5) is 0. The van der Waals surface area contributed by atoms with Crippen LogP contribution in [-0.2, 0) is 13.3 Å². The average molecular weight is 272 g/mol. The Morgan fingerprint density at radius 3 is 2.47 bits per heavy atom. The van der Waals surface area contributed by atoms with Crippen LogP contribution in [0, 0.1) is 5.92 Å². The molecule has 2 atom stereocenters. The van der Waals surface area contributed by atoms with Crippen LogP contribution < -0.4 is 0 Å². The van der Waals surface area contributed by atoms with Crippen molar-refractivity contribution in [1.82, 2.24) is 0 Å². The summed E-state index contributed by atoms with van der Waals surface area (Å²) in [5.74, 6) is 0.761. The van der Waals surface area contributed by atoms with Gasteiger partial charge in [0.2, 0.25) is 0 Å². The van der Waals surface area contributed by atoms with E-state index in [4.69, 9.17) is 13.3 Å². The molecule has 1 saturated carbocycles. The predicted octanol–water partition coefficient (Wildman–Crippen LogP) is 1.91. The summed E-state index contributed by atoms with van der Waals surface area (Å²) >= 11 is 0. The zero-order valence-electron chi connectivity index (χ0n) is 11.4. The van der Waals surface area contributed by atoms with E-state index in [1.807, 2.05) is 0 Å². The molecular formula is C12H24O3Si2. The normalized spacial score (nSPS) is 32.7. The van der Waals surface area contributed by atoms with Crippen molar-refractivity contribution in [2.45, 2.75) is 37.3 Å². The average Bonchev–Trinajstić information content (AvgIpc) is 2.91. The molecule has 0 aromatic heterocycles. The van der Waals surface area contributed by atoms with Crippen molar-refractivity contribution in [2.24, 2.45) is 5.92 Å². The Bertz CT molecular complexity index is 307. The van der Waals surface area contributed by atoms with Gasteiger partial charge in [-0.15, -0.1) is 0 Å². The Morgan fingerprint density at radius 1 is 1.35 bits per heavy atom. The summed E-state index contributed by atoms with van der Waals surface area (Å²) in [6.07, 6.45) is 6.47. The fraction of sp³-hybridized carbons (Fsp3) is 0.833. The second-order valence-corrected chi connectivity index (χ2v) is 11.0. The van der Waals surface area contributed by atoms with E-state index in [1.165, 1.54) is 30.5 Å². The SMILES string of the molecule is CC[SiH2]C12CCC(C=C1[Si](OC)(OC)OC)C2. The largest absolute Gasteiger partial charge is 0.532 e. The number of rotatable bonds is 6. The van der Waals surface area contributed by atoms with E-state index in [0.717, 1.165) is 5.92 Å². The van der Waals surface area contributed by atoms with E-state index in [-0.39, 0.29) is 9.52 Å². The van der Waals surface area contributed by atoms with Crippen molar-refractivity contribution < 1.29 is 13.3 Å². The Morgan fingerprint density at radius 2 is 2.00 bits per heavy atom. The zero-order valence-corrected chi connectivity index (χ0v) is 13.8. The molecule has 2 aliphatic rings. The molecule has 1 fully saturated rings. The van der Waals surface area contributed by atoms with Gasteiger partial charge in [0.15, 0.2) is 0 Å². The summed E-state index contributed by atoms with van der Waals surface area (Å²) in [6.45, 7) is 2.32. The molecule has 0 saturated heterocycles. The molecule has 0 aliphatic heterocycles. The van der Waals surface area contributed by atoms with Gasteiger partial charge < -0.3 is 13.3 Å². The predicted molar refractivity (Wildman–Crippen MR) is 73.9 cm³/mol. The molecule has 5 heteroatoms. The topological polar surface area (TPSA) is 27.7 Å². The first-order valence-corrected chi connectivity index (χ1v) is 9.98. The lowest BCUT2D eigenvalue weighted by molar-refractivity contribution is 0.131. The third-order valence-electron chi connectivity index (χ3n) is 4.48. The molecule has 2 aliphatic carbocycles. The summed E-state index contributed by atoms with van der Waals surface area (Å²) in [7, 11) is 2.54. The Balaban J connectivity index is 2.34. The van der Waals surface area contributed by atoms with Crippen LogP contribution in [0.3, 0.4) is 0 Å². The molecule has 2 bridgehead atoms. The quantitative estimate of drug-likeness (QED) is 0.691. The molecule has 0 aromatic carbocycles. The maximum atomic E-state index is 5.69. The van der Waals surface area contributed by atoms with Gasteiger partial charge in [-0.05, 0) is 35.4 Å². The first kappa shape index (κ1) is 13.5. The molecule has 2 rings (SSSR count). The van der Waals surface area contributed by atoms with E-state index in [0.29, 0.717) is 5.04 Å². The van der Waals surface area contributed by atoms with Crippen LogP contribution in [0.5, 0.6) is 0 Å². The summed E-state index contributed by atoms with van der Waals surface area (Å²) in [5, 5.41) is 1.87. The summed E-state index contributed by atoms with van der Waals surface area (Å²) in [5.41, 5.74) is 0. The van der Waals surface area contributed by atoms with Crippen LogP contribution >= 0.6 is 0 Å². The standard InChI is InChI=1S/C12H24O3Si2/c1-5-16-12-7-6-10(9-12)8-11(12)17(13-2,14-3)15-4/h8,10H,5-7,9,16H2,1-4H3. The Hall–Kier alpha value is 0.0538. The molecule has 0 radical (unpaired) electrons. The molecule has 17 heavy (non-hydrogen) atoms. The van der Waals surface area contributed by atoms with Gasteiger partial charge in [0.05, 0.1) is 0 Å². The van der Waals surface area contributed by atoms with Gasteiger partial charge in [0.25, 0.3) is 0 Å². The molecule has 2 unspecified atom stereocenters. The van der Waals surface area contributed by atoms with Gasteiger partial charge in [-0.3, -0.25) is 0 Å². The third-order valence-corrected chi connectivity index (χ3v) is 10.3. The third kappa shape index (κ3) is 1.98. The van der Waals surface area contributed by atoms with Crippen LogP contribution in [0.4, 0.5) is 0 Å². The highest BCUT2D eigenvalue weighted by Crippen LogP contribution is 2.61. The van der Waals surface area contributed by atoms with E-state index in [2.05, 4.69) is 13.0 Å². The molecule has 0 spiro atoms. The molecule has 0 amide bonds. The van der Waals surface area contributed by atoms with Crippen LogP contribution in [0.1, 0.15) is 26.2 Å². The number of hydrogen-bond acceptors (Lipinski definition) is 3. The minimum absolute atomic E-state index is 0.0958. The van der Waals surface area contributed by atoms with Gasteiger partial charge in [-0.1, -0.05) is 19.0 Å². The summed E-state index contributed by atoms with van der Waals surface area (Å²) in [6, 6.07) is 1.35. The first-order valence-electron chi connectivity index (χ1n) is 6.54. The van der Waals surface area contributed by atoms with Gasteiger partial charge in [-0.25, -0.2) is 0 Å². The fourth-order valence-corrected chi connectivity index (χ4v) is 9.69.